The number of hydrogen-bond donors (Lipinski definition) is 1. The SMILES string of the molecule is C=CCN(CC)C(=O)N1CCC(C(=O)O)(C(F)(F)F)C1. The molecule has 0 aromatic rings. The minimum absolute atomic E-state index is 0.206. The predicted octanol–water partition coefficient (Wildman–Crippen LogP) is 1.95. The number of carbonyl (C=O) groups is 2. The largest absolute Gasteiger partial charge is 0.481 e. The van der Waals surface area contributed by atoms with E-state index in [2.05, 4.69) is 6.58 Å². The Labute approximate surface area is 114 Å². The average molecular weight is 294 g/mol. The highest BCUT2D eigenvalue weighted by Crippen LogP contribution is 2.45. The molecule has 1 aliphatic heterocycles. The predicted molar refractivity (Wildman–Crippen MR) is 65.2 cm³/mol. The molecule has 0 bridgehead atoms. The molecular weight excluding hydrogens is 277 g/mol. The number of carboxylic acid groups (broad SMARTS) is 1. The van der Waals surface area contributed by atoms with Gasteiger partial charge in [-0.05, 0) is 13.3 Å². The van der Waals surface area contributed by atoms with E-state index in [1.807, 2.05) is 0 Å². The highest BCUT2D eigenvalue weighted by molar-refractivity contribution is 5.80. The third kappa shape index (κ3) is 2.73. The van der Waals surface area contributed by atoms with Crippen molar-refractivity contribution in [3.8, 4) is 0 Å². The van der Waals surface area contributed by atoms with Crippen molar-refractivity contribution >= 4 is 12.0 Å². The summed E-state index contributed by atoms with van der Waals surface area (Å²) in [5, 5.41) is 8.91. The highest BCUT2D eigenvalue weighted by atomic mass is 19.4. The van der Waals surface area contributed by atoms with E-state index < -0.39 is 36.6 Å². The Morgan fingerprint density at radius 1 is 1.50 bits per heavy atom. The summed E-state index contributed by atoms with van der Waals surface area (Å²) in [5.41, 5.74) is -2.86. The van der Waals surface area contributed by atoms with Crippen LogP contribution < -0.4 is 0 Å². The number of hydrogen-bond acceptors (Lipinski definition) is 2. The molecule has 0 spiro atoms. The van der Waals surface area contributed by atoms with E-state index >= 15 is 0 Å². The third-order valence-corrected chi connectivity index (χ3v) is 3.49. The van der Waals surface area contributed by atoms with Crippen molar-refractivity contribution < 1.29 is 27.9 Å². The first-order valence-corrected chi connectivity index (χ1v) is 6.14. The molecular formula is C12H17F3N2O3. The van der Waals surface area contributed by atoms with Crippen LogP contribution in [0, 0.1) is 5.41 Å². The van der Waals surface area contributed by atoms with Gasteiger partial charge in [-0.15, -0.1) is 6.58 Å². The molecule has 1 aliphatic rings. The Morgan fingerprint density at radius 3 is 2.45 bits per heavy atom. The van der Waals surface area contributed by atoms with E-state index in [-0.39, 0.29) is 13.1 Å². The second-order valence-electron chi connectivity index (χ2n) is 4.67. The van der Waals surface area contributed by atoms with Crippen LogP contribution in [0.3, 0.4) is 0 Å². The zero-order valence-electron chi connectivity index (χ0n) is 11.1. The van der Waals surface area contributed by atoms with Gasteiger partial charge in [0, 0.05) is 26.2 Å². The quantitative estimate of drug-likeness (QED) is 0.806. The molecule has 0 saturated carbocycles. The molecule has 2 amide bonds. The number of urea groups is 1. The van der Waals surface area contributed by atoms with Crippen LogP contribution in [0.4, 0.5) is 18.0 Å². The summed E-state index contributed by atoms with van der Waals surface area (Å²) in [7, 11) is 0. The van der Waals surface area contributed by atoms with Gasteiger partial charge >= 0.3 is 18.2 Å². The highest BCUT2D eigenvalue weighted by Gasteiger charge is 2.64. The first-order valence-electron chi connectivity index (χ1n) is 6.14. The third-order valence-electron chi connectivity index (χ3n) is 3.49. The van der Waals surface area contributed by atoms with Crippen LogP contribution in [0.25, 0.3) is 0 Å². The number of likely N-dealkylation sites (N-methyl/N-ethyl adjacent to an activating group) is 1. The summed E-state index contributed by atoms with van der Waals surface area (Å²) >= 11 is 0. The lowest BCUT2D eigenvalue weighted by Crippen LogP contribution is -2.49. The Hall–Kier alpha value is -1.73. The fourth-order valence-corrected chi connectivity index (χ4v) is 2.20. The van der Waals surface area contributed by atoms with Crippen LogP contribution in [0.15, 0.2) is 12.7 Å². The molecule has 1 rings (SSSR count). The maximum atomic E-state index is 13.0. The second kappa shape index (κ2) is 5.72. The summed E-state index contributed by atoms with van der Waals surface area (Å²) in [6, 6.07) is -0.597. The molecule has 1 fully saturated rings. The zero-order chi connectivity index (χ0) is 15.6. The number of amides is 2. The number of halogens is 3. The van der Waals surface area contributed by atoms with Crippen LogP contribution >= 0.6 is 0 Å². The monoisotopic (exact) mass is 294 g/mol. The van der Waals surface area contributed by atoms with Crippen molar-refractivity contribution in [3.05, 3.63) is 12.7 Å². The Bertz CT molecular complexity index is 411. The molecule has 0 aromatic heterocycles. The lowest BCUT2D eigenvalue weighted by Gasteiger charge is -2.29. The molecule has 1 saturated heterocycles. The summed E-state index contributed by atoms with van der Waals surface area (Å²) < 4.78 is 39.0. The van der Waals surface area contributed by atoms with Gasteiger partial charge in [0.2, 0.25) is 0 Å². The molecule has 1 atom stereocenters. The molecule has 20 heavy (non-hydrogen) atoms. The molecule has 1 N–H and O–H groups in total. The van der Waals surface area contributed by atoms with E-state index in [4.69, 9.17) is 5.11 Å². The number of carbonyl (C=O) groups excluding carboxylic acids is 1. The van der Waals surface area contributed by atoms with Crippen molar-refractivity contribution in [1.82, 2.24) is 9.80 Å². The number of aliphatic carboxylic acids is 1. The van der Waals surface area contributed by atoms with Gasteiger partial charge in [-0.25, -0.2) is 4.79 Å². The number of likely N-dealkylation sites (tertiary alicyclic amines) is 1. The van der Waals surface area contributed by atoms with E-state index in [0.29, 0.717) is 6.54 Å². The maximum Gasteiger partial charge on any atom is 0.406 e. The van der Waals surface area contributed by atoms with Gasteiger partial charge in [-0.1, -0.05) is 6.08 Å². The maximum absolute atomic E-state index is 13.0. The second-order valence-corrected chi connectivity index (χ2v) is 4.67. The van der Waals surface area contributed by atoms with Crippen molar-refractivity contribution in [3.63, 3.8) is 0 Å². The average Bonchev–Trinajstić information content (AvgIpc) is 2.81. The van der Waals surface area contributed by atoms with Gasteiger partial charge in [0.1, 0.15) is 0 Å². The van der Waals surface area contributed by atoms with Crippen molar-refractivity contribution in [2.75, 3.05) is 26.2 Å². The first kappa shape index (κ1) is 16.3. The van der Waals surface area contributed by atoms with Gasteiger partial charge in [-0.2, -0.15) is 13.2 Å². The lowest BCUT2D eigenvalue weighted by molar-refractivity contribution is -0.227. The van der Waals surface area contributed by atoms with E-state index in [1.54, 1.807) is 6.92 Å². The minimum atomic E-state index is -4.89. The van der Waals surface area contributed by atoms with Crippen LogP contribution in [0.1, 0.15) is 13.3 Å². The molecule has 1 heterocycles. The first-order chi connectivity index (χ1) is 9.19. The van der Waals surface area contributed by atoms with Crippen LogP contribution in [0.5, 0.6) is 0 Å². The molecule has 1 unspecified atom stereocenters. The number of nitrogens with zero attached hydrogens (tertiary/aromatic N) is 2. The van der Waals surface area contributed by atoms with Gasteiger partial charge < -0.3 is 14.9 Å². The van der Waals surface area contributed by atoms with Gasteiger partial charge in [-0.3, -0.25) is 4.79 Å². The minimum Gasteiger partial charge on any atom is -0.481 e. The van der Waals surface area contributed by atoms with Crippen molar-refractivity contribution in [2.24, 2.45) is 5.41 Å². The molecule has 0 aromatic carbocycles. The number of carboxylic acids is 1. The Morgan fingerprint density at radius 2 is 2.10 bits per heavy atom. The van der Waals surface area contributed by atoms with Crippen molar-refractivity contribution in [2.45, 2.75) is 19.5 Å². The van der Waals surface area contributed by atoms with E-state index in [0.717, 1.165) is 4.90 Å². The lowest BCUT2D eigenvalue weighted by atomic mass is 9.86. The van der Waals surface area contributed by atoms with Crippen LogP contribution in [0.2, 0.25) is 0 Å². The summed E-state index contributed by atoms with van der Waals surface area (Å²) in [6.07, 6.45) is -4.04. The topological polar surface area (TPSA) is 60.9 Å². The van der Waals surface area contributed by atoms with Crippen LogP contribution in [-0.4, -0.2) is 59.3 Å². The summed E-state index contributed by atoms with van der Waals surface area (Å²) in [5.74, 6) is -1.94. The molecule has 0 aliphatic carbocycles. The molecule has 114 valence electrons. The standard InChI is InChI=1S/C12H17F3N2O3/c1-3-6-16(4-2)10(20)17-7-5-11(8-17,9(18)19)12(13,14)15/h3H,1,4-8H2,2H3,(H,18,19). The molecule has 0 radical (unpaired) electrons. The number of alkyl halides is 3. The van der Waals surface area contributed by atoms with Gasteiger partial charge in [0.05, 0.1) is 0 Å². The fourth-order valence-electron chi connectivity index (χ4n) is 2.20. The van der Waals surface area contributed by atoms with Gasteiger partial charge in [0.15, 0.2) is 5.41 Å². The van der Waals surface area contributed by atoms with Gasteiger partial charge in [0.25, 0.3) is 0 Å². The normalized spacial score (nSPS) is 22.7. The molecule has 5 nitrogen and oxygen atoms in total. The fraction of sp³-hybridized carbons (Fsp3) is 0.667. The van der Waals surface area contributed by atoms with E-state index in [9.17, 15) is 22.8 Å². The zero-order valence-corrected chi connectivity index (χ0v) is 11.1. The van der Waals surface area contributed by atoms with Crippen LogP contribution in [-0.2, 0) is 4.79 Å². The number of rotatable bonds is 4. The Balaban J connectivity index is 2.92. The van der Waals surface area contributed by atoms with E-state index in [1.165, 1.54) is 11.0 Å². The Kier molecular flexibility index (Phi) is 4.67. The van der Waals surface area contributed by atoms with Crippen molar-refractivity contribution in [1.29, 1.82) is 0 Å². The summed E-state index contributed by atoms with van der Waals surface area (Å²) in [4.78, 5) is 25.3. The summed E-state index contributed by atoms with van der Waals surface area (Å²) in [6.45, 7) is 4.60. The molecule has 8 heteroatoms. The smallest absolute Gasteiger partial charge is 0.406 e.